The third-order valence-corrected chi connectivity index (χ3v) is 15.4. The number of quaternary nitrogens is 1. The summed E-state index contributed by atoms with van der Waals surface area (Å²) in [6.07, 6.45) is 63.1. The number of hydrogen-bond acceptors (Lipinski definition) is 6. The van der Waals surface area contributed by atoms with E-state index in [1.807, 2.05) is 33.3 Å². The number of allylic oxidation sites excluding steroid dienone is 3. The van der Waals surface area contributed by atoms with Gasteiger partial charge >= 0.3 is 13.8 Å². The van der Waals surface area contributed by atoms with Gasteiger partial charge in [0.25, 0.3) is 0 Å². The molecule has 432 valence electrons. The van der Waals surface area contributed by atoms with Crippen LogP contribution >= 0.6 is 7.82 Å². The molecule has 1 amide bonds. The molecule has 0 aromatic rings. The monoisotopic (exact) mass is 1050 g/mol. The molecule has 3 unspecified atom stereocenters. The van der Waals surface area contributed by atoms with E-state index in [4.69, 9.17) is 13.8 Å². The number of carbonyl (C=O) groups is 2. The Bertz CT molecular complexity index is 1300. The SMILES string of the molecule is CCCCCCCC/C=C/CCCCCCCCCCCC(=O)OC(/C=C/CCCCCCCCCCCC)C(COP(=O)(O)OCC[N+](C)(C)C)NC(=O)CCCCCCCCCCCCCCCCCC. The molecule has 0 saturated heterocycles. The molecule has 10 heteroatoms. The highest BCUT2D eigenvalue weighted by Crippen LogP contribution is 2.43. The number of nitrogens with one attached hydrogen (secondary N) is 1. The highest BCUT2D eigenvalue weighted by Gasteiger charge is 2.30. The first kappa shape index (κ1) is 71.5. The predicted octanol–water partition coefficient (Wildman–Crippen LogP) is 19.3. The van der Waals surface area contributed by atoms with Gasteiger partial charge in [-0.1, -0.05) is 270 Å². The van der Waals surface area contributed by atoms with Crippen molar-refractivity contribution in [2.24, 2.45) is 0 Å². The van der Waals surface area contributed by atoms with Gasteiger partial charge in [-0.3, -0.25) is 18.6 Å². The average Bonchev–Trinajstić information content (AvgIpc) is 3.35. The summed E-state index contributed by atoms with van der Waals surface area (Å²) in [6, 6.07) is -0.843. The second-order valence-corrected chi connectivity index (χ2v) is 24.4. The van der Waals surface area contributed by atoms with Gasteiger partial charge in [-0.15, -0.1) is 0 Å². The summed E-state index contributed by atoms with van der Waals surface area (Å²) < 4.78 is 30.7. The van der Waals surface area contributed by atoms with Crippen molar-refractivity contribution in [1.29, 1.82) is 0 Å². The lowest BCUT2D eigenvalue weighted by Crippen LogP contribution is -2.47. The molecule has 0 rings (SSSR count). The van der Waals surface area contributed by atoms with Gasteiger partial charge in [-0.2, -0.15) is 0 Å². The minimum Gasteiger partial charge on any atom is -0.456 e. The van der Waals surface area contributed by atoms with E-state index in [9.17, 15) is 19.0 Å². The van der Waals surface area contributed by atoms with Crippen LogP contribution < -0.4 is 5.32 Å². The first-order chi connectivity index (χ1) is 35.4. The number of phosphoric acid groups is 1. The largest absolute Gasteiger partial charge is 0.472 e. The van der Waals surface area contributed by atoms with Gasteiger partial charge in [0.15, 0.2) is 0 Å². The number of hydrogen-bond donors (Lipinski definition) is 2. The molecule has 3 atom stereocenters. The van der Waals surface area contributed by atoms with E-state index in [1.165, 1.54) is 225 Å². The molecule has 0 radical (unpaired) electrons. The molecule has 0 aliphatic carbocycles. The topological polar surface area (TPSA) is 111 Å². The zero-order valence-corrected chi connectivity index (χ0v) is 50.3. The molecule has 2 N–H and O–H groups in total. The summed E-state index contributed by atoms with van der Waals surface area (Å²) in [4.78, 5) is 37.7. The molecular weight excluding hydrogens is 928 g/mol. The number of rotatable bonds is 58. The highest BCUT2D eigenvalue weighted by molar-refractivity contribution is 7.47. The fraction of sp³-hybridized carbons (Fsp3) is 0.905. The Morgan fingerprint density at radius 2 is 0.795 bits per heavy atom. The van der Waals surface area contributed by atoms with Crippen LogP contribution in [0.15, 0.2) is 24.3 Å². The van der Waals surface area contributed by atoms with Crippen LogP contribution in [0.5, 0.6) is 0 Å². The first-order valence-electron chi connectivity index (χ1n) is 31.7. The zero-order valence-electron chi connectivity index (χ0n) is 49.4. The van der Waals surface area contributed by atoms with E-state index in [0.717, 1.165) is 57.8 Å². The molecule has 9 nitrogen and oxygen atoms in total. The van der Waals surface area contributed by atoms with Gasteiger partial charge < -0.3 is 19.4 Å². The fourth-order valence-electron chi connectivity index (χ4n) is 9.47. The van der Waals surface area contributed by atoms with Crippen molar-refractivity contribution in [2.75, 3.05) is 40.9 Å². The number of esters is 1. The number of unbranched alkanes of at least 4 members (excludes halogenated alkanes) is 40. The standard InChI is InChI=1S/C63H123N2O7P/c1-7-10-13-16-19-22-25-28-30-32-33-34-36-38-41-44-47-50-53-56-63(67)72-61(54-51-48-45-42-39-27-24-21-18-15-12-9-3)60(59-71-73(68,69)70-58-57-65(4,5)6)64-62(66)55-52-49-46-43-40-37-35-31-29-26-23-20-17-14-11-8-2/h28,30,51,54,60-61H,7-27,29,31-50,52-53,55-59H2,1-6H3,(H-,64,66,68,69)/p+1/b30-28+,54-51+. The number of amides is 1. The molecule has 0 aliphatic rings. The van der Waals surface area contributed by atoms with Crippen molar-refractivity contribution in [2.45, 2.75) is 328 Å². The quantitative estimate of drug-likeness (QED) is 0.0205. The van der Waals surface area contributed by atoms with Crippen LogP contribution in [0, 0.1) is 0 Å². The molecular formula is C63H124N2O7P+. The Morgan fingerprint density at radius 1 is 0.466 bits per heavy atom. The molecule has 0 heterocycles. The molecule has 0 aliphatic heterocycles. The number of carbonyl (C=O) groups excluding carboxylic acids is 2. The van der Waals surface area contributed by atoms with Crippen LogP contribution in [0.1, 0.15) is 316 Å². The number of phosphoric ester groups is 1. The smallest absolute Gasteiger partial charge is 0.456 e. The lowest BCUT2D eigenvalue weighted by Gasteiger charge is -2.27. The number of ether oxygens (including phenoxy) is 1. The average molecular weight is 1050 g/mol. The van der Waals surface area contributed by atoms with Crippen molar-refractivity contribution < 1.29 is 37.3 Å². The second-order valence-electron chi connectivity index (χ2n) is 22.9. The predicted molar refractivity (Wildman–Crippen MR) is 314 cm³/mol. The molecule has 0 aromatic carbocycles. The number of nitrogens with zero attached hydrogens (tertiary/aromatic N) is 1. The van der Waals surface area contributed by atoms with Crippen LogP contribution in [0.2, 0.25) is 0 Å². The van der Waals surface area contributed by atoms with E-state index >= 15 is 0 Å². The molecule has 0 saturated carbocycles. The van der Waals surface area contributed by atoms with Gasteiger partial charge in [0.1, 0.15) is 19.3 Å². The van der Waals surface area contributed by atoms with E-state index in [-0.39, 0.29) is 25.1 Å². The summed E-state index contributed by atoms with van der Waals surface area (Å²) in [5.74, 6) is -0.490. The van der Waals surface area contributed by atoms with Gasteiger partial charge in [-0.05, 0) is 57.4 Å². The highest BCUT2D eigenvalue weighted by atomic mass is 31.2. The Morgan fingerprint density at radius 3 is 1.16 bits per heavy atom. The minimum atomic E-state index is -4.44. The van der Waals surface area contributed by atoms with Crippen LogP contribution in [0.25, 0.3) is 0 Å². The van der Waals surface area contributed by atoms with Crippen LogP contribution in [-0.2, 0) is 27.9 Å². The normalized spacial score (nSPS) is 13.8. The Hall–Kier alpha value is -1.51. The third-order valence-electron chi connectivity index (χ3n) is 14.4. The summed E-state index contributed by atoms with van der Waals surface area (Å²) >= 11 is 0. The molecule has 0 bridgehead atoms. The van der Waals surface area contributed by atoms with E-state index in [2.05, 4.69) is 38.2 Å². The fourth-order valence-corrected chi connectivity index (χ4v) is 10.2. The number of likely N-dealkylation sites (N-methyl/N-ethyl adjacent to an activating group) is 1. The molecule has 73 heavy (non-hydrogen) atoms. The molecule has 0 fully saturated rings. The van der Waals surface area contributed by atoms with Crippen molar-refractivity contribution in [1.82, 2.24) is 5.32 Å². The Balaban J connectivity index is 5.21. The lowest BCUT2D eigenvalue weighted by molar-refractivity contribution is -0.870. The van der Waals surface area contributed by atoms with E-state index in [1.54, 1.807) is 0 Å². The lowest BCUT2D eigenvalue weighted by atomic mass is 10.0. The van der Waals surface area contributed by atoms with E-state index in [0.29, 0.717) is 23.9 Å². The molecule has 0 spiro atoms. The summed E-state index contributed by atoms with van der Waals surface area (Å²) in [6.45, 7) is 7.05. The van der Waals surface area contributed by atoms with Crippen molar-refractivity contribution in [3.05, 3.63) is 24.3 Å². The second kappa shape index (κ2) is 53.9. The van der Waals surface area contributed by atoms with Gasteiger partial charge in [0.2, 0.25) is 5.91 Å². The Labute approximate surface area is 454 Å². The maximum Gasteiger partial charge on any atom is 0.472 e. The van der Waals surface area contributed by atoms with Gasteiger partial charge in [0.05, 0.1) is 33.8 Å². The molecule has 0 aromatic heterocycles. The van der Waals surface area contributed by atoms with E-state index < -0.39 is 20.0 Å². The summed E-state index contributed by atoms with van der Waals surface area (Å²) in [5.41, 5.74) is 0. The van der Waals surface area contributed by atoms with Crippen LogP contribution in [-0.4, -0.2) is 74.3 Å². The van der Waals surface area contributed by atoms with Gasteiger partial charge in [-0.25, -0.2) is 4.57 Å². The zero-order chi connectivity index (χ0) is 53.6. The van der Waals surface area contributed by atoms with Crippen LogP contribution in [0.3, 0.4) is 0 Å². The van der Waals surface area contributed by atoms with Crippen LogP contribution in [0.4, 0.5) is 0 Å². The maximum atomic E-state index is 13.5. The van der Waals surface area contributed by atoms with Crippen molar-refractivity contribution >= 4 is 19.7 Å². The maximum absolute atomic E-state index is 13.5. The minimum absolute atomic E-state index is 0.0436. The third kappa shape index (κ3) is 55.1. The summed E-state index contributed by atoms with van der Waals surface area (Å²) in [5, 5.41) is 3.06. The van der Waals surface area contributed by atoms with Gasteiger partial charge in [0, 0.05) is 12.8 Å². The Kier molecular flexibility index (Phi) is 52.8. The van der Waals surface area contributed by atoms with Crippen molar-refractivity contribution in [3.8, 4) is 0 Å². The summed E-state index contributed by atoms with van der Waals surface area (Å²) in [7, 11) is 1.51. The van der Waals surface area contributed by atoms with Crippen molar-refractivity contribution in [3.63, 3.8) is 0 Å². The first-order valence-corrected chi connectivity index (χ1v) is 33.2.